The molecule has 0 saturated carbocycles. The van der Waals surface area contributed by atoms with Crippen molar-refractivity contribution in [2.24, 2.45) is 11.8 Å². The lowest BCUT2D eigenvalue weighted by atomic mass is 9.83. The largest absolute Gasteiger partial charge is 0.316 e. The van der Waals surface area contributed by atoms with Gasteiger partial charge in [0.15, 0.2) is 0 Å². The van der Waals surface area contributed by atoms with Crippen molar-refractivity contribution < 1.29 is 0 Å². The van der Waals surface area contributed by atoms with Crippen LogP contribution in [-0.4, -0.2) is 26.2 Å². The van der Waals surface area contributed by atoms with E-state index in [4.69, 9.17) is 0 Å². The first-order valence-electron chi connectivity index (χ1n) is 3.38. The van der Waals surface area contributed by atoms with Crippen molar-refractivity contribution in [1.29, 1.82) is 0 Å². The first kappa shape index (κ1) is 4.77. The highest BCUT2D eigenvalue weighted by molar-refractivity contribution is 4.88. The molecule has 2 nitrogen and oxygen atoms in total. The second kappa shape index (κ2) is 1.71. The maximum atomic E-state index is 3.28. The number of hydrogen-bond acceptors (Lipinski definition) is 2. The Morgan fingerprint density at radius 2 is 1.12 bits per heavy atom. The third kappa shape index (κ3) is 0.565. The minimum absolute atomic E-state index is 1.01. The van der Waals surface area contributed by atoms with Gasteiger partial charge in [0.1, 0.15) is 0 Å². The van der Waals surface area contributed by atoms with Gasteiger partial charge in [-0.15, -0.1) is 0 Å². The normalized spacial score (nSPS) is 31.5. The topological polar surface area (TPSA) is 24.1 Å². The molecular formula is C6H12N2. The first-order valence-corrected chi connectivity index (χ1v) is 3.38. The van der Waals surface area contributed by atoms with E-state index in [1.807, 2.05) is 0 Å². The van der Waals surface area contributed by atoms with Crippen LogP contribution in [0.25, 0.3) is 0 Å². The van der Waals surface area contributed by atoms with Crippen LogP contribution in [0, 0.1) is 11.8 Å². The van der Waals surface area contributed by atoms with Crippen molar-refractivity contribution in [1.82, 2.24) is 10.6 Å². The molecule has 2 fully saturated rings. The molecule has 2 aliphatic heterocycles. The van der Waals surface area contributed by atoms with Gasteiger partial charge in [0.25, 0.3) is 0 Å². The molecule has 0 aromatic heterocycles. The minimum atomic E-state index is 1.01. The third-order valence-electron chi connectivity index (χ3n) is 2.29. The molecule has 0 radical (unpaired) electrons. The van der Waals surface area contributed by atoms with Crippen LogP contribution in [0.4, 0.5) is 0 Å². The Hall–Kier alpha value is -0.0800. The van der Waals surface area contributed by atoms with E-state index in [1.165, 1.54) is 26.2 Å². The summed E-state index contributed by atoms with van der Waals surface area (Å²) in [6.45, 7) is 5.08. The van der Waals surface area contributed by atoms with Crippen LogP contribution in [0.3, 0.4) is 0 Å². The van der Waals surface area contributed by atoms with Gasteiger partial charge in [0.2, 0.25) is 0 Å². The van der Waals surface area contributed by atoms with Gasteiger partial charge in [-0.05, 0) is 38.0 Å². The third-order valence-corrected chi connectivity index (χ3v) is 2.29. The molecule has 0 bridgehead atoms. The van der Waals surface area contributed by atoms with E-state index in [-0.39, 0.29) is 0 Å². The van der Waals surface area contributed by atoms with Crippen molar-refractivity contribution in [3.8, 4) is 0 Å². The SMILES string of the molecule is C1NCC1C1CNC1. The van der Waals surface area contributed by atoms with E-state index in [1.54, 1.807) is 0 Å². The van der Waals surface area contributed by atoms with E-state index in [0.29, 0.717) is 0 Å². The fourth-order valence-electron chi connectivity index (χ4n) is 1.29. The summed E-state index contributed by atoms with van der Waals surface area (Å²) in [6.07, 6.45) is 0. The molecule has 0 spiro atoms. The lowest BCUT2D eigenvalue weighted by Gasteiger charge is -2.40. The Kier molecular flexibility index (Phi) is 1.02. The number of nitrogens with one attached hydrogen (secondary N) is 2. The van der Waals surface area contributed by atoms with Crippen LogP contribution in [-0.2, 0) is 0 Å². The smallest absolute Gasteiger partial charge is 0.000463 e. The highest BCUT2D eigenvalue weighted by Crippen LogP contribution is 2.19. The van der Waals surface area contributed by atoms with Gasteiger partial charge in [0, 0.05) is 0 Å². The van der Waals surface area contributed by atoms with Crippen LogP contribution in [0.1, 0.15) is 0 Å². The number of rotatable bonds is 1. The van der Waals surface area contributed by atoms with Gasteiger partial charge in [0.05, 0.1) is 0 Å². The van der Waals surface area contributed by atoms with Crippen LogP contribution < -0.4 is 10.6 Å². The molecule has 2 aliphatic rings. The monoisotopic (exact) mass is 112 g/mol. The van der Waals surface area contributed by atoms with Crippen molar-refractivity contribution in [2.75, 3.05) is 26.2 Å². The zero-order valence-corrected chi connectivity index (χ0v) is 4.98. The summed E-state index contributed by atoms with van der Waals surface area (Å²) in [4.78, 5) is 0. The molecule has 0 unspecified atom stereocenters. The first-order chi connectivity index (χ1) is 3.97. The number of hydrogen-bond donors (Lipinski definition) is 2. The van der Waals surface area contributed by atoms with Crippen molar-refractivity contribution in [3.05, 3.63) is 0 Å². The highest BCUT2D eigenvalue weighted by Gasteiger charge is 2.30. The zero-order valence-electron chi connectivity index (χ0n) is 4.98. The standard InChI is InChI=1S/C6H12N2/c1-5(2-7-1)6-3-8-4-6/h5-8H,1-4H2. The summed E-state index contributed by atoms with van der Waals surface area (Å²) in [6, 6.07) is 0. The molecule has 2 heteroatoms. The molecule has 2 heterocycles. The molecule has 8 heavy (non-hydrogen) atoms. The lowest BCUT2D eigenvalue weighted by Crippen LogP contribution is -2.56. The predicted octanol–water partition coefficient (Wildman–Crippen LogP) is -0.575. The predicted molar refractivity (Wildman–Crippen MR) is 32.7 cm³/mol. The Labute approximate surface area is 49.7 Å². The highest BCUT2D eigenvalue weighted by atomic mass is 15.0. The Balaban J connectivity index is 1.79. The average Bonchev–Trinajstić information content (AvgIpc) is 1.47. The van der Waals surface area contributed by atoms with Crippen molar-refractivity contribution in [3.63, 3.8) is 0 Å². The second-order valence-corrected chi connectivity index (χ2v) is 2.84. The van der Waals surface area contributed by atoms with E-state index in [0.717, 1.165) is 11.8 Å². The Morgan fingerprint density at radius 1 is 0.750 bits per heavy atom. The summed E-state index contributed by atoms with van der Waals surface area (Å²) in [5.74, 6) is 2.02. The van der Waals surface area contributed by atoms with Crippen LogP contribution >= 0.6 is 0 Å². The molecular weight excluding hydrogens is 100 g/mol. The second-order valence-electron chi connectivity index (χ2n) is 2.84. The van der Waals surface area contributed by atoms with Crippen molar-refractivity contribution >= 4 is 0 Å². The van der Waals surface area contributed by atoms with Crippen LogP contribution in [0.5, 0.6) is 0 Å². The van der Waals surface area contributed by atoms with Crippen LogP contribution in [0.2, 0.25) is 0 Å². The fraction of sp³-hybridized carbons (Fsp3) is 1.00. The maximum Gasteiger partial charge on any atom is -0.000463 e. The molecule has 2 rings (SSSR count). The summed E-state index contributed by atoms with van der Waals surface area (Å²) >= 11 is 0. The van der Waals surface area contributed by atoms with Gasteiger partial charge in [-0.1, -0.05) is 0 Å². The quantitative estimate of drug-likeness (QED) is 0.474. The van der Waals surface area contributed by atoms with Gasteiger partial charge < -0.3 is 10.6 Å². The van der Waals surface area contributed by atoms with Crippen LogP contribution in [0.15, 0.2) is 0 Å². The summed E-state index contributed by atoms with van der Waals surface area (Å²) in [5.41, 5.74) is 0. The van der Waals surface area contributed by atoms with Gasteiger partial charge in [-0.25, -0.2) is 0 Å². The van der Waals surface area contributed by atoms with Gasteiger partial charge in [-0.2, -0.15) is 0 Å². The molecule has 0 atom stereocenters. The van der Waals surface area contributed by atoms with E-state index in [9.17, 15) is 0 Å². The Bertz CT molecular complexity index is 72.5. The molecule has 0 amide bonds. The molecule has 46 valence electrons. The molecule has 0 aliphatic carbocycles. The van der Waals surface area contributed by atoms with Gasteiger partial charge >= 0.3 is 0 Å². The molecule has 2 N–H and O–H groups in total. The maximum absolute atomic E-state index is 3.28. The van der Waals surface area contributed by atoms with E-state index in [2.05, 4.69) is 10.6 Å². The Morgan fingerprint density at radius 3 is 1.25 bits per heavy atom. The molecule has 0 aromatic carbocycles. The van der Waals surface area contributed by atoms with Gasteiger partial charge in [-0.3, -0.25) is 0 Å². The molecule has 2 saturated heterocycles. The zero-order chi connectivity index (χ0) is 5.40. The van der Waals surface area contributed by atoms with E-state index >= 15 is 0 Å². The fourth-order valence-corrected chi connectivity index (χ4v) is 1.29. The summed E-state index contributed by atoms with van der Waals surface area (Å²) in [5, 5.41) is 6.57. The minimum Gasteiger partial charge on any atom is -0.316 e. The summed E-state index contributed by atoms with van der Waals surface area (Å²) in [7, 11) is 0. The van der Waals surface area contributed by atoms with E-state index < -0.39 is 0 Å². The lowest BCUT2D eigenvalue weighted by molar-refractivity contribution is 0.172. The molecule has 0 aromatic rings. The average molecular weight is 112 g/mol. The summed E-state index contributed by atoms with van der Waals surface area (Å²) < 4.78 is 0. The van der Waals surface area contributed by atoms with Crippen molar-refractivity contribution in [2.45, 2.75) is 0 Å².